The number of rotatable bonds is 4. The highest BCUT2D eigenvalue weighted by atomic mass is 35.5. The van der Waals surface area contributed by atoms with Crippen LogP contribution in [0.2, 0.25) is 5.15 Å². The summed E-state index contributed by atoms with van der Waals surface area (Å²) >= 11 is 7.48. The highest BCUT2D eigenvalue weighted by Crippen LogP contribution is 2.22. The average molecular weight is 257 g/mol. The monoisotopic (exact) mass is 256 g/mol. The van der Waals surface area contributed by atoms with Gasteiger partial charge in [-0.2, -0.15) is 0 Å². The molecule has 0 radical (unpaired) electrons. The van der Waals surface area contributed by atoms with E-state index in [1.165, 1.54) is 11.8 Å². The van der Waals surface area contributed by atoms with Gasteiger partial charge >= 0.3 is 0 Å². The number of fused-ring (bicyclic) bond motifs is 1. The van der Waals surface area contributed by atoms with E-state index in [0.717, 1.165) is 12.2 Å². The Bertz CT molecular complexity index is 527. The molecular weight excluding hydrogens is 248 g/mol. The van der Waals surface area contributed by atoms with Crippen LogP contribution in [0.4, 0.5) is 0 Å². The van der Waals surface area contributed by atoms with Gasteiger partial charge in [-0.25, -0.2) is 15.0 Å². The molecule has 0 amide bonds. The van der Waals surface area contributed by atoms with Crippen molar-refractivity contribution in [3.63, 3.8) is 0 Å². The molecule has 0 unspecified atom stereocenters. The molecule has 0 saturated carbocycles. The SMILES string of the molecule is CCCSc1nc(Cl)c2[nH]c(C=O)nc2n1. The third-order valence-electron chi connectivity index (χ3n) is 1.85. The van der Waals surface area contributed by atoms with Crippen molar-refractivity contribution >= 4 is 40.8 Å². The Hall–Kier alpha value is -1.14. The van der Waals surface area contributed by atoms with Gasteiger partial charge in [0.1, 0.15) is 5.52 Å². The minimum atomic E-state index is 0.212. The number of hydrogen-bond acceptors (Lipinski definition) is 5. The Kier molecular flexibility index (Phi) is 3.40. The van der Waals surface area contributed by atoms with E-state index in [2.05, 4.69) is 26.9 Å². The van der Waals surface area contributed by atoms with Crippen LogP contribution >= 0.6 is 23.4 Å². The first kappa shape index (κ1) is 11.3. The molecule has 2 heterocycles. The van der Waals surface area contributed by atoms with Gasteiger partial charge < -0.3 is 4.98 Å². The number of nitrogens with one attached hydrogen (secondary N) is 1. The van der Waals surface area contributed by atoms with Crippen molar-refractivity contribution in [2.75, 3.05) is 5.75 Å². The lowest BCUT2D eigenvalue weighted by Crippen LogP contribution is -1.90. The zero-order valence-electron chi connectivity index (χ0n) is 8.53. The summed E-state index contributed by atoms with van der Waals surface area (Å²) in [6.07, 6.45) is 1.65. The van der Waals surface area contributed by atoms with Gasteiger partial charge in [-0.1, -0.05) is 30.3 Å². The van der Waals surface area contributed by atoms with Crippen molar-refractivity contribution in [2.24, 2.45) is 0 Å². The Balaban J connectivity index is 2.44. The number of aromatic nitrogens is 4. The summed E-state index contributed by atoms with van der Waals surface area (Å²) in [5, 5.41) is 0.882. The molecule has 84 valence electrons. The molecule has 2 rings (SSSR count). The summed E-state index contributed by atoms with van der Waals surface area (Å²) in [7, 11) is 0. The van der Waals surface area contributed by atoms with Gasteiger partial charge in [0.25, 0.3) is 0 Å². The van der Waals surface area contributed by atoms with Crippen LogP contribution in [0.5, 0.6) is 0 Å². The minimum absolute atomic E-state index is 0.212. The summed E-state index contributed by atoms with van der Waals surface area (Å²) in [6.45, 7) is 2.08. The second kappa shape index (κ2) is 4.80. The molecule has 1 N–H and O–H groups in total. The maximum absolute atomic E-state index is 10.6. The van der Waals surface area contributed by atoms with Crippen molar-refractivity contribution < 1.29 is 4.79 Å². The predicted molar refractivity (Wildman–Crippen MR) is 63.1 cm³/mol. The van der Waals surface area contributed by atoms with E-state index in [4.69, 9.17) is 11.6 Å². The van der Waals surface area contributed by atoms with E-state index in [-0.39, 0.29) is 5.82 Å². The van der Waals surface area contributed by atoms with Gasteiger partial charge in [-0.3, -0.25) is 4.79 Å². The maximum atomic E-state index is 10.6. The molecule has 5 nitrogen and oxygen atoms in total. The maximum Gasteiger partial charge on any atom is 0.191 e. The van der Waals surface area contributed by atoms with Crippen LogP contribution in [-0.4, -0.2) is 32.0 Å². The molecule has 16 heavy (non-hydrogen) atoms. The lowest BCUT2D eigenvalue weighted by atomic mass is 10.6. The third kappa shape index (κ3) is 2.17. The molecule has 2 aromatic heterocycles. The van der Waals surface area contributed by atoms with Gasteiger partial charge in [0.15, 0.2) is 28.1 Å². The van der Waals surface area contributed by atoms with Crippen molar-refractivity contribution in [2.45, 2.75) is 18.5 Å². The molecule has 0 fully saturated rings. The number of aromatic amines is 1. The summed E-state index contributed by atoms with van der Waals surface area (Å²) in [6, 6.07) is 0. The second-order valence-electron chi connectivity index (χ2n) is 3.08. The number of halogens is 1. The minimum Gasteiger partial charge on any atom is -0.332 e. The molecule has 0 aliphatic heterocycles. The third-order valence-corrected chi connectivity index (χ3v) is 3.18. The predicted octanol–water partition coefficient (Wildman–Crippen LogP) is 2.32. The summed E-state index contributed by atoms with van der Waals surface area (Å²) < 4.78 is 0. The highest BCUT2D eigenvalue weighted by Gasteiger charge is 2.10. The van der Waals surface area contributed by atoms with Crippen LogP contribution in [0.3, 0.4) is 0 Å². The molecule has 0 saturated heterocycles. The van der Waals surface area contributed by atoms with E-state index in [1.807, 2.05) is 0 Å². The first-order valence-corrected chi connectivity index (χ1v) is 6.12. The Labute approximate surface area is 101 Å². The lowest BCUT2D eigenvalue weighted by molar-refractivity contribution is 0.111. The van der Waals surface area contributed by atoms with E-state index in [1.54, 1.807) is 0 Å². The molecule has 0 aromatic carbocycles. The van der Waals surface area contributed by atoms with Crippen LogP contribution in [-0.2, 0) is 0 Å². The van der Waals surface area contributed by atoms with Crippen LogP contribution in [0.1, 0.15) is 24.0 Å². The van der Waals surface area contributed by atoms with Crippen molar-refractivity contribution in [3.8, 4) is 0 Å². The number of H-pyrrole nitrogens is 1. The zero-order valence-corrected chi connectivity index (χ0v) is 10.1. The normalized spacial score (nSPS) is 10.9. The first-order valence-electron chi connectivity index (χ1n) is 4.75. The zero-order chi connectivity index (χ0) is 11.5. The quantitative estimate of drug-likeness (QED) is 0.393. The lowest BCUT2D eigenvalue weighted by Gasteiger charge is -1.98. The fourth-order valence-corrected chi connectivity index (χ4v) is 2.13. The summed E-state index contributed by atoms with van der Waals surface area (Å²) in [4.78, 5) is 25.6. The second-order valence-corrected chi connectivity index (χ2v) is 4.50. The van der Waals surface area contributed by atoms with E-state index in [9.17, 15) is 4.79 Å². The molecule has 0 aliphatic rings. The fraction of sp³-hybridized carbons (Fsp3) is 0.333. The van der Waals surface area contributed by atoms with Crippen LogP contribution in [0.25, 0.3) is 11.2 Å². The van der Waals surface area contributed by atoms with Crippen LogP contribution in [0.15, 0.2) is 5.16 Å². The van der Waals surface area contributed by atoms with Gasteiger partial charge in [0.05, 0.1) is 0 Å². The number of nitrogens with zero attached hydrogens (tertiary/aromatic N) is 3. The number of aldehydes is 1. The van der Waals surface area contributed by atoms with Crippen molar-refractivity contribution in [3.05, 3.63) is 11.0 Å². The van der Waals surface area contributed by atoms with Gasteiger partial charge in [0.2, 0.25) is 0 Å². The summed E-state index contributed by atoms with van der Waals surface area (Å²) in [5.74, 6) is 1.14. The van der Waals surface area contributed by atoms with Crippen molar-refractivity contribution in [1.29, 1.82) is 0 Å². The van der Waals surface area contributed by atoms with Gasteiger partial charge in [-0.05, 0) is 6.42 Å². The van der Waals surface area contributed by atoms with E-state index >= 15 is 0 Å². The molecule has 0 spiro atoms. The smallest absolute Gasteiger partial charge is 0.191 e. The van der Waals surface area contributed by atoms with E-state index in [0.29, 0.717) is 27.8 Å². The highest BCUT2D eigenvalue weighted by molar-refractivity contribution is 7.99. The standard InChI is InChI=1S/C9H9ClN4OS/c1-2-3-16-9-13-7(10)6-8(14-9)12-5(4-15)11-6/h4H,2-3H2,1H3,(H,11,12,13,14). The molecular formula is C9H9ClN4OS. The topological polar surface area (TPSA) is 71.5 Å². The van der Waals surface area contributed by atoms with E-state index < -0.39 is 0 Å². The number of thioether (sulfide) groups is 1. The number of imidazole rings is 1. The molecule has 0 bridgehead atoms. The Morgan fingerprint density at radius 1 is 1.44 bits per heavy atom. The number of hydrogen-bond donors (Lipinski definition) is 1. The Morgan fingerprint density at radius 2 is 2.25 bits per heavy atom. The van der Waals surface area contributed by atoms with Crippen molar-refractivity contribution in [1.82, 2.24) is 19.9 Å². The number of carbonyl (C=O) groups excluding carboxylic acids is 1. The fourth-order valence-electron chi connectivity index (χ4n) is 1.18. The van der Waals surface area contributed by atoms with Crippen LogP contribution < -0.4 is 0 Å². The van der Waals surface area contributed by atoms with Gasteiger partial charge in [0, 0.05) is 5.75 Å². The first-order chi connectivity index (χ1) is 7.74. The Morgan fingerprint density at radius 3 is 2.94 bits per heavy atom. The average Bonchev–Trinajstić information content (AvgIpc) is 2.70. The molecule has 2 aromatic rings. The molecule has 0 atom stereocenters. The van der Waals surface area contributed by atoms with Gasteiger partial charge in [-0.15, -0.1) is 0 Å². The summed E-state index contributed by atoms with van der Waals surface area (Å²) in [5.41, 5.74) is 0.935. The molecule has 7 heteroatoms. The molecule has 0 aliphatic carbocycles. The largest absolute Gasteiger partial charge is 0.332 e. The van der Waals surface area contributed by atoms with Crippen LogP contribution in [0, 0.1) is 0 Å². The number of carbonyl (C=O) groups is 1.